The standard InChI is InChI=1S/C21H32N6O6/c1-13(17(29)25-15-8-5-10-27(19(15)31)20(22)23)24-18(30)16(12-28)26-21(32)33-11-9-14-6-3-2-4-7-14/h2-4,6-7,13,15-16,19,28,31H,5,8-12H2,1H3,(H3,22,23)(H,24,30)(H,25,29)(H,26,32)/t13-,15-,16+,19?/m0/s1. The summed E-state index contributed by atoms with van der Waals surface area (Å²) in [5, 5.41) is 34.6. The molecular formula is C21H32N6O6. The first-order valence-corrected chi connectivity index (χ1v) is 10.7. The number of ether oxygens (including phenoxy) is 1. The van der Waals surface area contributed by atoms with E-state index in [0.29, 0.717) is 25.8 Å². The number of alkyl carbamates (subject to hydrolysis) is 1. The molecule has 0 aliphatic carbocycles. The second-order valence-electron chi connectivity index (χ2n) is 7.73. The van der Waals surface area contributed by atoms with Gasteiger partial charge in [0.2, 0.25) is 11.8 Å². The van der Waals surface area contributed by atoms with Crippen molar-refractivity contribution in [2.24, 2.45) is 5.73 Å². The van der Waals surface area contributed by atoms with E-state index in [9.17, 15) is 24.6 Å². The SMILES string of the molecule is C[C@H](NC(=O)[C@@H](CO)NC(=O)OCCc1ccccc1)C(=O)N[C@H]1CCCN(C(=N)N)C1O. The summed E-state index contributed by atoms with van der Waals surface area (Å²) in [5.74, 6) is -1.63. The van der Waals surface area contributed by atoms with Crippen molar-refractivity contribution in [3.8, 4) is 0 Å². The smallest absolute Gasteiger partial charge is 0.407 e. The molecule has 1 saturated heterocycles. The molecule has 1 aliphatic heterocycles. The molecule has 1 aliphatic rings. The molecule has 4 atom stereocenters. The Kier molecular flexibility index (Phi) is 9.88. The van der Waals surface area contributed by atoms with Crippen LogP contribution in [-0.4, -0.2) is 83.1 Å². The van der Waals surface area contributed by atoms with Gasteiger partial charge in [-0.05, 0) is 25.3 Å². The number of nitrogens with zero attached hydrogens (tertiary/aromatic N) is 1. The van der Waals surface area contributed by atoms with Crippen LogP contribution in [0.5, 0.6) is 0 Å². The van der Waals surface area contributed by atoms with Crippen LogP contribution in [-0.2, 0) is 20.7 Å². The van der Waals surface area contributed by atoms with Gasteiger partial charge in [-0.2, -0.15) is 0 Å². The minimum Gasteiger partial charge on any atom is -0.449 e. The molecule has 0 bridgehead atoms. The lowest BCUT2D eigenvalue weighted by Crippen LogP contribution is -2.61. The number of nitrogens with one attached hydrogen (secondary N) is 4. The Morgan fingerprint density at radius 1 is 1.24 bits per heavy atom. The Morgan fingerprint density at radius 3 is 2.58 bits per heavy atom. The van der Waals surface area contributed by atoms with Crippen LogP contribution in [0, 0.1) is 5.41 Å². The van der Waals surface area contributed by atoms with E-state index in [4.69, 9.17) is 15.9 Å². The number of guanidine groups is 1. The molecule has 12 heteroatoms. The van der Waals surface area contributed by atoms with Gasteiger partial charge in [0.25, 0.3) is 0 Å². The lowest BCUT2D eigenvalue weighted by molar-refractivity contribution is -0.131. The van der Waals surface area contributed by atoms with Gasteiger partial charge in [-0.25, -0.2) is 4.79 Å². The molecule has 2 rings (SSSR count). The first kappa shape index (κ1) is 25.9. The number of aliphatic hydroxyl groups excluding tert-OH is 2. The lowest BCUT2D eigenvalue weighted by Gasteiger charge is -2.38. The molecule has 1 unspecified atom stereocenters. The highest BCUT2D eigenvalue weighted by Gasteiger charge is 2.33. The lowest BCUT2D eigenvalue weighted by atomic mass is 10.0. The van der Waals surface area contributed by atoms with Crippen LogP contribution in [0.3, 0.4) is 0 Å². The number of aliphatic hydroxyl groups is 2. The number of carbonyl (C=O) groups is 3. The monoisotopic (exact) mass is 464 g/mol. The number of piperidine rings is 1. The summed E-state index contributed by atoms with van der Waals surface area (Å²) < 4.78 is 5.04. The van der Waals surface area contributed by atoms with Crippen LogP contribution in [0.4, 0.5) is 4.79 Å². The Hall–Kier alpha value is -3.38. The van der Waals surface area contributed by atoms with Crippen molar-refractivity contribution in [3.05, 3.63) is 35.9 Å². The summed E-state index contributed by atoms with van der Waals surface area (Å²) >= 11 is 0. The maximum Gasteiger partial charge on any atom is 0.407 e. The molecule has 182 valence electrons. The van der Waals surface area contributed by atoms with Crippen molar-refractivity contribution in [1.29, 1.82) is 5.41 Å². The van der Waals surface area contributed by atoms with E-state index in [-0.39, 0.29) is 12.6 Å². The van der Waals surface area contributed by atoms with Gasteiger partial charge in [-0.1, -0.05) is 30.3 Å². The zero-order valence-electron chi connectivity index (χ0n) is 18.5. The van der Waals surface area contributed by atoms with Gasteiger partial charge in [0, 0.05) is 13.0 Å². The minimum atomic E-state index is -1.31. The molecule has 1 heterocycles. The van der Waals surface area contributed by atoms with Gasteiger partial charge in [-0.15, -0.1) is 0 Å². The van der Waals surface area contributed by atoms with Crippen LogP contribution < -0.4 is 21.7 Å². The molecule has 0 saturated carbocycles. The van der Waals surface area contributed by atoms with Crippen molar-refractivity contribution >= 4 is 23.9 Å². The number of benzene rings is 1. The Labute approximate surface area is 192 Å². The maximum atomic E-state index is 12.5. The first-order chi connectivity index (χ1) is 15.7. The molecule has 1 aromatic rings. The molecule has 8 N–H and O–H groups in total. The van der Waals surface area contributed by atoms with Crippen molar-refractivity contribution in [2.45, 2.75) is 50.5 Å². The predicted molar refractivity (Wildman–Crippen MR) is 119 cm³/mol. The van der Waals surface area contributed by atoms with E-state index in [1.807, 2.05) is 30.3 Å². The summed E-state index contributed by atoms with van der Waals surface area (Å²) in [6, 6.07) is 6.41. The molecule has 12 nitrogen and oxygen atoms in total. The molecule has 1 aromatic carbocycles. The van der Waals surface area contributed by atoms with E-state index in [1.165, 1.54) is 11.8 Å². The number of hydrogen-bond acceptors (Lipinski definition) is 7. The van der Waals surface area contributed by atoms with E-state index >= 15 is 0 Å². The molecule has 1 fully saturated rings. The van der Waals surface area contributed by atoms with Crippen molar-refractivity contribution in [2.75, 3.05) is 19.8 Å². The third kappa shape index (κ3) is 7.91. The highest BCUT2D eigenvalue weighted by atomic mass is 16.5. The quantitative estimate of drug-likeness (QED) is 0.172. The van der Waals surface area contributed by atoms with E-state index in [2.05, 4.69) is 16.0 Å². The maximum absolute atomic E-state index is 12.5. The molecule has 0 spiro atoms. The third-order valence-electron chi connectivity index (χ3n) is 5.24. The first-order valence-electron chi connectivity index (χ1n) is 10.7. The fourth-order valence-electron chi connectivity index (χ4n) is 3.36. The van der Waals surface area contributed by atoms with E-state index < -0.39 is 48.9 Å². The number of carbonyl (C=O) groups excluding carboxylic acids is 3. The summed E-state index contributed by atoms with van der Waals surface area (Å²) in [6.45, 7) is 1.23. The topological polar surface area (TPSA) is 190 Å². The minimum absolute atomic E-state index is 0.0927. The van der Waals surface area contributed by atoms with Crippen LogP contribution in [0.2, 0.25) is 0 Å². The predicted octanol–water partition coefficient (Wildman–Crippen LogP) is -1.39. The molecule has 3 amide bonds. The van der Waals surface area contributed by atoms with Gasteiger partial charge >= 0.3 is 6.09 Å². The number of nitrogens with two attached hydrogens (primary N) is 1. The van der Waals surface area contributed by atoms with Crippen molar-refractivity contribution in [1.82, 2.24) is 20.9 Å². The van der Waals surface area contributed by atoms with E-state index in [0.717, 1.165) is 5.56 Å². The van der Waals surface area contributed by atoms with Crippen LogP contribution in [0.1, 0.15) is 25.3 Å². The van der Waals surface area contributed by atoms with Crippen LogP contribution in [0.15, 0.2) is 30.3 Å². The van der Waals surface area contributed by atoms with Crippen LogP contribution >= 0.6 is 0 Å². The highest BCUT2D eigenvalue weighted by Crippen LogP contribution is 2.15. The Balaban J connectivity index is 1.79. The van der Waals surface area contributed by atoms with Gasteiger partial charge < -0.3 is 41.5 Å². The molecule has 0 aromatic heterocycles. The number of rotatable bonds is 9. The zero-order chi connectivity index (χ0) is 24.4. The highest BCUT2D eigenvalue weighted by molar-refractivity contribution is 5.91. The molecular weight excluding hydrogens is 432 g/mol. The van der Waals surface area contributed by atoms with Crippen LogP contribution in [0.25, 0.3) is 0 Å². The second kappa shape index (κ2) is 12.6. The summed E-state index contributed by atoms with van der Waals surface area (Å²) in [4.78, 5) is 38.1. The fourth-order valence-corrected chi connectivity index (χ4v) is 3.36. The Morgan fingerprint density at radius 2 is 1.94 bits per heavy atom. The van der Waals surface area contributed by atoms with E-state index in [1.54, 1.807) is 0 Å². The van der Waals surface area contributed by atoms with Gasteiger partial charge in [0.1, 0.15) is 18.3 Å². The average molecular weight is 465 g/mol. The van der Waals surface area contributed by atoms with Crippen molar-refractivity contribution in [3.63, 3.8) is 0 Å². The summed E-state index contributed by atoms with van der Waals surface area (Å²) in [5.41, 5.74) is 6.42. The number of hydrogen-bond donors (Lipinski definition) is 7. The van der Waals surface area contributed by atoms with Gasteiger partial charge in [0.15, 0.2) is 5.96 Å². The summed E-state index contributed by atoms with van der Waals surface area (Å²) in [6.07, 6.45) is -0.430. The average Bonchev–Trinajstić information content (AvgIpc) is 2.79. The summed E-state index contributed by atoms with van der Waals surface area (Å²) in [7, 11) is 0. The molecule has 33 heavy (non-hydrogen) atoms. The number of likely N-dealkylation sites (tertiary alicyclic amines) is 1. The fraction of sp³-hybridized carbons (Fsp3) is 0.524. The second-order valence-corrected chi connectivity index (χ2v) is 7.73. The number of amides is 3. The zero-order valence-corrected chi connectivity index (χ0v) is 18.5. The normalized spacial score (nSPS) is 19.7. The molecule has 0 radical (unpaired) electrons. The van der Waals surface area contributed by atoms with Gasteiger partial charge in [0.05, 0.1) is 19.3 Å². The largest absolute Gasteiger partial charge is 0.449 e. The third-order valence-corrected chi connectivity index (χ3v) is 5.24. The van der Waals surface area contributed by atoms with Gasteiger partial charge in [-0.3, -0.25) is 15.0 Å². The van der Waals surface area contributed by atoms with Crippen molar-refractivity contribution < 1.29 is 29.3 Å². The Bertz CT molecular complexity index is 823.